The van der Waals surface area contributed by atoms with Crippen LogP contribution >= 0.6 is 0 Å². The van der Waals surface area contributed by atoms with Crippen molar-refractivity contribution in [3.8, 4) is 0 Å². The fraction of sp³-hybridized carbons (Fsp3) is 0.167. The molecule has 2 N–H and O–H groups in total. The SMILES string of the molecule is CCNC(=O)c1cccc(Nc2nc(C(F)(F)F)nc3ccccc23)c1. The van der Waals surface area contributed by atoms with E-state index in [-0.39, 0.29) is 17.2 Å². The molecule has 0 radical (unpaired) electrons. The lowest BCUT2D eigenvalue weighted by Gasteiger charge is -2.13. The normalized spacial score (nSPS) is 11.4. The van der Waals surface area contributed by atoms with Crippen molar-refractivity contribution in [1.82, 2.24) is 15.3 Å². The number of fused-ring (bicyclic) bond motifs is 1. The summed E-state index contributed by atoms with van der Waals surface area (Å²) in [7, 11) is 0. The Morgan fingerprint density at radius 3 is 2.58 bits per heavy atom. The van der Waals surface area contributed by atoms with Crippen LogP contribution in [-0.4, -0.2) is 22.4 Å². The molecular weight excluding hydrogens is 345 g/mol. The van der Waals surface area contributed by atoms with Crippen LogP contribution in [0.1, 0.15) is 23.1 Å². The molecule has 2 aromatic carbocycles. The van der Waals surface area contributed by atoms with E-state index < -0.39 is 12.0 Å². The minimum atomic E-state index is -4.66. The minimum absolute atomic E-state index is 0.0241. The Kier molecular flexibility index (Phi) is 4.75. The molecule has 1 aromatic heterocycles. The largest absolute Gasteiger partial charge is 0.451 e. The average molecular weight is 360 g/mol. The topological polar surface area (TPSA) is 66.9 Å². The fourth-order valence-corrected chi connectivity index (χ4v) is 2.44. The smallest absolute Gasteiger partial charge is 0.352 e. The number of para-hydroxylation sites is 1. The van der Waals surface area contributed by atoms with Crippen molar-refractivity contribution in [3.05, 3.63) is 59.9 Å². The van der Waals surface area contributed by atoms with Crippen LogP contribution in [0.4, 0.5) is 24.7 Å². The lowest BCUT2D eigenvalue weighted by molar-refractivity contribution is -0.144. The van der Waals surface area contributed by atoms with Crippen molar-refractivity contribution in [2.24, 2.45) is 0 Å². The van der Waals surface area contributed by atoms with Crippen molar-refractivity contribution in [3.63, 3.8) is 0 Å². The highest BCUT2D eigenvalue weighted by Gasteiger charge is 2.35. The number of aromatic nitrogens is 2. The Balaban J connectivity index is 2.03. The average Bonchev–Trinajstić information content (AvgIpc) is 2.61. The highest BCUT2D eigenvalue weighted by atomic mass is 19.4. The van der Waals surface area contributed by atoms with Gasteiger partial charge in [0, 0.05) is 23.2 Å². The van der Waals surface area contributed by atoms with Gasteiger partial charge in [-0.2, -0.15) is 13.2 Å². The number of benzene rings is 2. The molecule has 0 aliphatic rings. The second-order valence-electron chi connectivity index (χ2n) is 5.48. The number of hydrogen-bond donors (Lipinski definition) is 2. The highest BCUT2D eigenvalue weighted by molar-refractivity contribution is 5.96. The van der Waals surface area contributed by atoms with Gasteiger partial charge in [0.15, 0.2) is 0 Å². The second-order valence-corrected chi connectivity index (χ2v) is 5.48. The maximum absolute atomic E-state index is 13.1. The van der Waals surface area contributed by atoms with Crippen LogP contribution in [0.5, 0.6) is 0 Å². The molecule has 3 aromatic rings. The Labute approximate surface area is 147 Å². The number of anilines is 2. The van der Waals surface area contributed by atoms with Crippen molar-refractivity contribution < 1.29 is 18.0 Å². The van der Waals surface area contributed by atoms with Crippen LogP contribution in [0, 0.1) is 0 Å². The highest BCUT2D eigenvalue weighted by Crippen LogP contribution is 2.31. The van der Waals surface area contributed by atoms with Gasteiger partial charge in [0.1, 0.15) is 5.82 Å². The molecule has 0 aliphatic heterocycles. The molecule has 134 valence electrons. The molecule has 0 fully saturated rings. The number of nitrogens with one attached hydrogen (secondary N) is 2. The first-order chi connectivity index (χ1) is 12.4. The van der Waals surface area contributed by atoms with E-state index in [1.54, 1.807) is 49.4 Å². The van der Waals surface area contributed by atoms with Gasteiger partial charge in [0.25, 0.3) is 5.91 Å². The number of alkyl halides is 3. The molecule has 5 nitrogen and oxygen atoms in total. The molecule has 26 heavy (non-hydrogen) atoms. The number of nitrogens with zero attached hydrogens (tertiary/aromatic N) is 2. The van der Waals surface area contributed by atoms with Crippen molar-refractivity contribution in [2.75, 3.05) is 11.9 Å². The van der Waals surface area contributed by atoms with E-state index in [4.69, 9.17) is 0 Å². The number of halogens is 3. The van der Waals surface area contributed by atoms with Gasteiger partial charge < -0.3 is 10.6 Å². The summed E-state index contributed by atoms with van der Waals surface area (Å²) in [5, 5.41) is 5.98. The van der Waals surface area contributed by atoms with Crippen LogP contribution in [0.15, 0.2) is 48.5 Å². The summed E-state index contributed by atoms with van der Waals surface area (Å²) in [6.45, 7) is 2.27. The fourth-order valence-electron chi connectivity index (χ4n) is 2.44. The maximum atomic E-state index is 13.1. The van der Waals surface area contributed by atoms with E-state index >= 15 is 0 Å². The van der Waals surface area contributed by atoms with E-state index in [0.29, 0.717) is 23.2 Å². The molecule has 3 rings (SSSR count). The Hall–Kier alpha value is -3.16. The van der Waals surface area contributed by atoms with E-state index in [1.165, 1.54) is 6.07 Å². The standard InChI is InChI=1S/C18H15F3N4O/c1-2-22-16(26)11-6-5-7-12(10-11)23-15-13-8-3-4-9-14(13)24-17(25-15)18(19,20)21/h3-10H,2H2,1H3,(H,22,26)(H,23,24,25). The van der Waals surface area contributed by atoms with Gasteiger partial charge in [0.05, 0.1) is 5.52 Å². The molecular formula is C18H15F3N4O. The lowest BCUT2D eigenvalue weighted by atomic mass is 10.1. The van der Waals surface area contributed by atoms with Crippen molar-refractivity contribution >= 4 is 28.3 Å². The summed E-state index contributed by atoms with van der Waals surface area (Å²) in [5.41, 5.74) is 1.02. The summed E-state index contributed by atoms with van der Waals surface area (Å²) in [6.07, 6.45) is -4.66. The van der Waals surface area contributed by atoms with Crippen molar-refractivity contribution in [1.29, 1.82) is 0 Å². The first kappa shape index (κ1) is 17.7. The Morgan fingerprint density at radius 2 is 1.85 bits per heavy atom. The zero-order valence-corrected chi connectivity index (χ0v) is 13.8. The van der Waals surface area contributed by atoms with E-state index in [1.807, 2.05) is 0 Å². The Bertz CT molecular complexity index is 957. The summed E-state index contributed by atoms with van der Waals surface area (Å²) in [6, 6.07) is 12.9. The van der Waals surface area contributed by atoms with Gasteiger partial charge in [-0.25, -0.2) is 9.97 Å². The summed E-state index contributed by atoms with van der Waals surface area (Å²) in [4.78, 5) is 19.1. The predicted molar refractivity (Wildman–Crippen MR) is 92.3 cm³/mol. The monoisotopic (exact) mass is 360 g/mol. The van der Waals surface area contributed by atoms with Crippen LogP contribution in [-0.2, 0) is 6.18 Å². The number of carbonyl (C=O) groups excluding carboxylic acids is 1. The predicted octanol–water partition coefficient (Wildman–Crippen LogP) is 4.14. The van der Waals surface area contributed by atoms with Crippen LogP contribution in [0.25, 0.3) is 10.9 Å². The van der Waals surface area contributed by atoms with Gasteiger partial charge in [-0.15, -0.1) is 0 Å². The second kappa shape index (κ2) is 6.99. The molecule has 1 amide bonds. The van der Waals surface area contributed by atoms with Gasteiger partial charge in [-0.1, -0.05) is 18.2 Å². The molecule has 0 saturated heterocycles. The van der Waals surface area contributed by atoms with Gasteiger partial charge in [0.2, 0.25) is 5.82 Å². The minimum Gasteiger partial charge on any atom is -0.352 e. The Morgan fingerprint density at radius 1 is 1.08 bits per heavy atom. The molecule has 0 saturated carbocycles. The summed E-state index contributed by atoms with van der Waals surface area (Å²) < 4.78 is 39.3. The third-order valence-electron chi connectivity index (χ3n) is 3.58. The quantitative estimate of drug-likeness (QED) is 0.734. The molecule has 0 unspecified atom stereocenters. The molecule has 0 bridgehead atoms. The first-order valence-electron chi connectivity index (χ1n) is 7.87. The van der Waals surface area contributed by atoms with Crippen molar-refractivity contribution in [2.45, 2.75) is 13.1 Å². The first-order valence-corrected chi connectivity index (χ1v) is 7.87. The third-order valence-corrected chi connectivity index (χ3v) is 3.58. The zero-order valence-electron chi connectivity index (χ0n) is 13.8. The zero-order chi connectivity index (χ0) is 18.7. The van der Waals surface area contributed by atoms with E-state index in [0.717, 1.165) is 0 Å². The van der Waals surface area contributed by atoms with E-state index in [2.05, 4.69) is 20.6 Å². The van der Waals surface area contributed by atoms with Crippen LogP contribution in [0.2, 0.25) is 0 Å². The number of carbonyl (C=O) groups is 1. The maximum Gasteiger partial charge on any atom is 0.451 e. The summed E-state index contributed by atoms with van der Waals surface area (Å²) in [5.74, 6) is -1.46. The lowest BCUT2D eigenvalue weighted by Crippen LogP contribution is -2.22. The molecule has 8 heteroatoms. The number of hydrogen-bond acceptors (Lipinski definition) is 4. The van der Waals surface area contributed by atoms with Crippen LogP contribution in [0.3, 0.4) is 0 Å². The number of rotatable bonds is 4. The number of amides is 1. The third kappa shape index (κ3) is 3.74. The molecule has 0 aliphatic carbocycles. The van der Waals surface area contributed by atoms with Gasteiger partial charge >= 0.3 is 6.18 Å². The molecule has 0 spiro atoms. The molecule has 1 heterocycles. The summed E-state index contributed by atoms with van der Waals surface area (Å²) >= 11 is 0. The van der Waals surface area contributed by atoms with E-state index in [9.17, 15) is 18.0 Å². The van der Waals surface area contributed by atoms with Crippen LogP contribution < -0.4 is 10.6 Å². The molecule has 0 atom stereocenters. The van der Waals surface area contributed by atoms with Gasteiger partial charge in [-0.3, -0.25) is 4.79 Å². The van der Waals surface area contributed by atoms with Gasteiger partial charge in [-0.05, 0) is 37.3 Å².